The molecule has 0 bridgehead atoms. The van der Waals surface area contributed by atoms with E-state index in [2.05, 4.69) is 20.8 Å². The molecule has 5 heteroatoms. The number of hydrogen-bond acceptors (Lipinski definition) is 3. The van der Waals surface area contributed by atoms with Gasteiger partial charge in [-0.1, -0.05) is 26.8 Å². The van der Waals surface area contributed by atoms with Gasteiger partial charge < -0.3 is 10.0 Å². The molecule has 1 aliphatic rings. The predicted octanol–water partition coefficient (Wildman–Crippen LogP) is 2.76. The van der Waals surface area contributed by atoms with Crippen molar-refractivity contribution in [2.45, 2.75) is 38.6 Å². The number of nitrogens with zero attached hydrogens (tertiary/aromatic N) is 1. The Morgan fingerprint density at radius 1 is 1.25 bits per heavy atom. The van der Waals surface area contributed by atoms with Crippen LogP contribution in [-0.4, -0.2) is 32.4 Å². The minimum Gasteiger partial charge on any atom is -0.478 e. The van der Waals surface area contributed by atoms with Crippen molar-refractivity contribution in [3.8, 4) is 0 Å². The average molecular weight is 293 g/mol. The van der Waals surface area contributed by atoms with Crippen LogP contribution in [0.2, 0.25) is 0 Å². The van der Waals surface area contributed by atoms with Gasteiger partial charge in [-0.25, -0.2) is 4.79 Å². The lowest BCUT2D eigenvalue weighted by molar-refractivity contribution is -0.128. The molecule has 4 nitrogen and oxygen atoms in total. The van der Waals surface area contributed by atoms with Crippen molar-refractivity contribution in [1.29, 1.82) is 0 Å². The molecule has 0 unspecified atom stereocenters. The van der Waals surface area contributed by atoms with Crippen molar-refractivity contribution >= 4 is 23.6 Å². The molecule has 108 valence electrons. The average Bonchev–Trinajstić information content (AvgIpc) is 2.77. The van der Waals surface area contributed by atoms with Crippen molar-refractivity contribution in [1.82, 2.24) is 4.90 Å². The highest BCUT2D eigenvalue weighted by molar-refractivity contribution is 8.01. The molecule has 0 saturated carbocycles. The molecule has 0 saturated heterocycles. The largest absolute Gasteiger partial charge is 0.478 e. The number of thioether (sulfide) groups is 1. The summed E-state index contributed by atoms with van der Waals surface area (Å²) in [5.41, 5.74) is 2.27. The van der Waals surface area contributed by atoms with E-state index in [1.807, 2.05) is 6.07 Å². The minimum absolute atomic E-state index is 0.0682. The molecular weight excluding hydrogens is 274 g/mol. The second-order valence-electron chi connectivity index (χ2n) is 5.94. The Labute approximate surface area is 123 Å². The molecule has 0 radical (unpaired) electrons. The van der Waals surface area contributed by atoms with Gasteiger partial charge in [-0.15, -0.1) is 11.8 Å². The zero-order valence-electron chi connectivity index (χ0n) is 12.0. The Kier molecular flexibility index (Phi) is 4.09. The van der Waals surface area contributed by atoms with Crippen molar-refractivity contribution in [2.75, 3.05) is 5.75 Å². The Morgan fingerprint density at radius 3 is 2.50 bits per heavy atom. The lowest BCUT2D eigenvalue weighted by Crippen LogP contribution is -2.28. The summed E-state index contributed by atoms with van der Waals surface area (Å²) in [6, 6.07) is 5.07. The monoisotopic (exact) mass is 293 g/mol. The Morgan fingerprint density at radius 2 is 1.90 bits per heavy atom. The maximum Gasteiger partial charge on any atom is 0.335 e. The van der Waals surface area contributed by atoms with Crippen molar-refractivity contribution in [3.63, 3.8) is 0 Å². The van der Waals surface area contributed by atoms with E-state index in [0.29, 0.717) is 18.8 Å². The molecular formula is C15H19NO3S. The highest BCUT2D eigenvalue weighted by Gasteiger charge is 2.25. The SMILES string of the molecule is CC(C)(C)SCC(=O)N1Cc2ccc(C(=O)O)cc2C1. The summed E-state index contributed by atoms with van der Waals surface area (Å²) >= 11 is 1.63. The second-order valence-corrected chi connectivity index (χ2v) is 7.74. The first kappa shape index (κ1) is 14.9. The molecule has 0 atom stereocenters. The summed E-state index contributed by atoms with van der Waals surface area (Å²) in [7, 11) is 0. The fourth-order valence-corrected chi connectivity index (χ4v) is 2.81. The number of benzene rings is 1. The molecule has 1 N–H and O–H groups in total. The first-order valence-corrected chi connectivity index (χ1v) is 7.52. The Balaban J connectivity index is 2.02. The zero-order valence-corrected chi connectivity index (χ0v) is 12.8. The number of carboxylic acids is 1. The maximum absolute atomic E-state index is 12.2. The van der Waals surface area contributed by atoms with Gasteiger partial charge in [0.05, 0.1) is 11.3 Å². The number of amides is 1. The number of hydrogen-bond donors (Lipinski definition) is 1. The van der Waals surface area contributed by atoms with Gasteiger partial charge in [0.1, 0.15) is 0 Å². The van der Waals surface area contributed by atoms with Gasteiger partial charge in [0, 0.05) is 17.8 Å². The van der Waals surface area contributed by atoms with Crippen LogP contribution in [0, 0.1) is 0 Å². The Bertz CT molecular complexity index is 549. The van der Waals surface area contributed by atoms with Crippen molar-refractivity contribution in [2.24, 2.45) is 0 Å². The highest BCUT2D eigenvalue weighted by Crippen LogP contribution is 2.27. The lowest BCUT2D eigenvalue weighted by atomic mass is 10.1. The van der Waals surface area contributed by atoms with E-state index in [9.17, 15) is 9.59 Å². The van der Waals surface area contributed by atoms with Crippen LogP contribution in [0.25, 0.3) is 0 Å². The molecule has 2 rings (SSSR count). The second kappa shape index (κ2) is 5.48. The molecule has 1 aromatic carbocycles. The summed E-state index contributed by atoms with van der Waals surface area (Å²) < 4.78 is 0.0682. The third-order valence-corrected chi connectivity index (χ3v) is 4.41. The predicted molar refractivity (Wildman–Crippen MR) is 79.9 cm³/mol. The first-order valence-electron chi connectivity index (χ1n) is 6.53. The van der Waals surface area contributed by atoms with E-state index in [-0.39, 0.29) is 16.2 Å². The van der Waals surface area contributed by atoms with E-state index >= 15 is 0 Å². The zero-order chi connectivity index (χ0) is 14.9. The molecule has 0 fully saturated rings. The van der Waals surface area contributed by atoms with Gasteiger partial charge in [0.2, 0.25) is 5.91 Å². The number of aromatic carboxylic acids is 1. The van der Waals surface area contributed by atoms with Crippen LogP contribution < -0.4 is 0 Å². The van der Waals surface area contributed by atoms with Crippen LogP contribution >= 0.6 is 11.8 Å². The van der Waals surface area contributed by atoms with Gasteiger partial charge in [0.15, 0.2) is 0 Å². The van der Waals surface area contributed by atoms with Gasteiger partial charge in [-0.3, -0.25) is 4.79 Å². The third-order valence-electron chi connectivity index (χ3n) is 3.16. The number of carbonyl (C=O) groups is 2. The summed E-state index contributed by atoms with van der Waals surface area (Å²) in [6.07, 6.45) is 0. The molecule has 0 aliphatic carbocycles. The van der Waals surface area contributed by atoms with Crippen LogP contribution in [0.5, 0.6) is 0 Å². The molecule has 0 spiro atoms. The maximum atomic E-state index is 12.2. The van der Waals surface area contributed by atoms with Gasteiger partial charge in [0.25, 0.3) is 0 Å². The summed E-state index contributed by atoms with van der Waals surface area (Å²) in [6.45, 7) is 7.35. The number of fused-ring (bicyclic) bond motifs is 1. The van der Waals surface area contributed by atoms with E-state index in [1.54, 1.807) is 28.8 Å². The van der Waals surface area contributed by atoms with Crippen LogP contribution in [0.1, 0.15) is 42.3 Å². The Hall–Kier alpha value is -1.49. The lowest BCUT2D eigenvalue weighted by Gasteiger charge is -2.20. The molecule has 20 heavy (non-hydrogen) atoms. The standard InChI is InChI=1S/C15H19NO3S/c1-15(2,3)20-9-13(17)16-7-11-5-4-10(14(18)19)6-12(11)8-16/h4-6H,7-9H2,1-3H3,(H,18,19). The quantitative estimate of drug-likeness (QED) is 0.931. The topological polar surface area (TPSA) is 57.6 Å². The van der Waals surface area contributed by atoms with Crippen LogP contribution in [-0.2, 0) is 17.9 Å². The third kappa shape index (κ3) is 3.54. The van der Waals surface area contributed by atoms with Gasteiger partial charge >= 0.3 is 5.97 Å². The highest BCUT2D eigenvalue weighted by atomic mass is 32.2. The van der Waals surface area contributed by atoms with Crippen LogP contribution in [0.15, 0.2) is 18.2 Å². The smallest absolute Gasteiger partial charge is 0.335 e. The summed E-state index contributed by atoms with van der Waals surface area (Å²) in [5.74, 6) is -0.359. The van der Waals surface area contributed by atoms with Crippen LogP contribution in [0.4, 0.5) is 0 Å². The van der Waals surface area contributed by atoms with Gasteiger partial charge in [-0.05, 0) is 23.3 Å². The molecule has 1 aromatic rings. The molecule has 1 aliphatic heterocycles. The fraction of sp³-hybridized carbons (Fsp3) is 0.467. The molecule has 1 heterocycles. The number of carbonyl (C=O) groups excluding carboxylic acids is 1. The first-order chi connectivity index (χ1) is 9.26. The van der Waals surface area contributed by atoms with E-state index in [0.717, 1.165) is 11.1 Å². The van der Waals surface area contributed by atoms with E-state index in [1.165, 1.54) is 0 Å². The number of carboxylic acid groups (broad SMARTS) is 1. The number of rotatable bonds is 3. The van der Waals surface area contributed by atoms with E-state index < -0.39 is 5.97 Å². The molecule has 0 aromatic heterocycles. The van der Waals surface area contributed by atoms with E-state index in [4.69, 9.17) is 5.11 Å². The summed E-state index contributed by atoms with van der Waals surface area (Å²) in [5, 5.41) is 8.98. The van der Waals surface area contributed by atoms with Crippen LogP contribution in [0.3, 0.4) is 0 Å². The minimum atomic E-state index is -0.930. The van der Waals surface area contributed by atoms with Gasteiger partial charge in [-0.2, -0.15) is 0 Å². The normalized spacial score (nSPS) is 14.2. The summed E-state index contributed by atoms with van der Waals surface area (Å²) in [4.78, 5) is 24.9. The van der Waals surface area contributed by atoms with Crippen molar-refractivity contribution in [3.05, 3.63) is 34.9 Å². The van der Waals surface area contributed by atoms with Crippen molar-refractivity contribution < 1.29 is 14.7 Å². The molecule has 1 amide bonds. The fourth-order valence-electron chi connectivity index (χ4n) is 2.07.